The number of piperidine rings is 1. The highest BCUT2D eigenvalue weighted by Crippen LogP contribution is 2.33. The van der Waals surface area contributed by atoms with Gasteiger partial charge in [-0.05, 0) is 25.0 Å². The maximum atomic E-state index is 11.4. The van der Waals surface area contributed by atoms with Crippen molar-refractivity contribution in [1.29, 1.82) is 0 Å². The second-order valence-corrected chi connectivity index (χ2v) is 8.15. The molecule has 0 radical (unpaired) electrons. The average molecular weight is 473 g/mol. The van der Waals surface area contributed by atoms with E-state index in [-0.39, 0.29) is 5.92 Å². The quantitative estimate of drug-likeness (QED) is 0.403. The Kier molecular flexibility index (Phi) is 6.25. The number of carbonyl (C=O) groups is 1. The molecule has 0 bridgehead atoms. The molecule has 4 aromatic rings. The second kappa shape index (κ2) is 9.80. The molecular formula is C25H24N6O4. The first-order valence-corrected chi connectivity index (χ1v) is 11.2. The smallest absolute Gasteiger partial charge is 0.306 e. The monoisotopic (exact) mass is 472 g/mol. The summed E-state index contributed by atoms with van der Waals surface area (Å²) in [5, 5.41) is 12.6. The standard InChI is InChI=1S/C25H24N6O4/c1-34-20-13-18(7-8-19(20)21-14-26-15-35-21)27-24-28-22(16-5-3-2-4-6-16)29-25(30-24)31-11-9-17(10-12-31)23(32)33/h2-8,13-15,17H,9-12H2,1H3,(H,32,33)(H,27,28,29,30). The van der Waals surface area contributed by atoms with Gasteiger partial charge in [0, 0.05) is 30.4 Å². The van der Waals surface area contributed by atoms with Crippen molar-refractivity contribution >= 4 is 23.6 Å². The van der Waals surface area contributed by atoms with Gasteiger partial charge in [-0.25, -0.2) is 4.98 Å². The fraction of sp³-hybridized carbons (Fsp3) is 0.240. The Bertz CT molecular complexity index is 1310. The van der Waals surface area contributed by atoms with E-state index < -0.39 is 5.97 Å². The Labute approximate surface area is 201 Å². The van der Waals surface area contributed by atoms with Crippen LogP contribution in [-0.4, -0.2) is 51.2 Å². The van der Waals surface area contributed by atoms with Crippen molar-refractivity contribution in [3.63, 3.8) is 0 Å². The lowest BCUT2D eigenvalue weighted by molar-refractivity contribution is -0.142. The third-order valence-electron chi connectivity index (χ3n) is 5.94. The summed E-state index contributed by atoms with van der Waals surface area (Å²) < 4.78 is 11.0. The van der Waals surface area contributed by atoms with E-state index >= 15 is 0 Å². The van der Waals surface area contributed by atoms with Crippen LogP contribution in [0.3, 0.4) is 0 Å². The first kappa shape index (κ1) is 22.3. The molecule has 1 aliphatic rings. The minimum atomic E-state index is -0.754. The maximum absolute atomic E-state index is 11.4. The molecule has 5 rings (SSSR count). The Morgan fingerprint density at radius 3 is 2.60 bits per heavy atom. The molecule has 0 aliphatic carbocycles. The van der Waals surface area contributed by atoms with E-state index in [0.717, 1.165) is 16.8 Å². The number of aromatic nitrogens is 4. The first-order chi connectivity index (χ1) is 17.1. The number of hydrogen-bond acceptors (Lipinski definition) is 9. The van der Waals surface area contributed by atoms with E-state index in [4.69, 9.17) is 14.1 Å². The number of anilines is 3. The Balaban J connectivity index is 1.46. The van der Waals surface area contributed by atoms with Gasteiger partial charge in [0.1, 0.15) is 5.75 Å². The fourth-order valence-corrected chi connectivity index (χ4v) is 4.06. The Hall–Kier alpha value is -4.47. The van der Waals surface area contributed by atoms with Gasteiger partial charge in [-0.15, -0.1) is 0 Å². The maximum Gasteiger partial charge on any atom is 0.306 e. The zero-order valence-corrected chi connectivity index (χ0v) is 19.1. The van der Waals surface area contributed by atoms with Gasteiger partial charge in [-0.3, -0.25) is 4.79 Å². The second-order valence-electron chi connectivity index (χ2n) is 8.15. The van der Waals surface area contributed by atoms with Crippen molar-refractivity contribution in [2.45, 2.75) is 12.8 Å². The fourth-order valence-electron chi connectivity index (χ4n) is 4.06. The lowest BCUT2D eigenvalue weighted by Gasteiger charge is -2.30. The number of ether oxygens (including phenoxy) is 1. The third kappa shape index (κ3) is 4.91. The third-order valence-corrected chi connectivity index (χ3v) is 5.94. The molecule has 0 amide bonds. The SMILES string of the molecule is COc1cc(Nc2nc(-c3ccccc3)nc(N3CCC(C(=O)O)CC3)n2)ccc1-c1cnco1. The van der Waals surface area contributed by atoms with Gasteiger partial charge in [-0.2, -0.15) is 15.0 Å². The van der Waals surface area contributed by atoms with E-state index in [1.54, 1.807) is 13.3 Å². The number of carboxylic acid groups (broad SMARTS) is 1. The summed E-state index contributed by atoms with van der Waals surface area (Å²) in [5.74, 6) is 1.54. The van der Waals surface area contributed by atoms with Crippen LogP contribution in [0.15, 0.2) is 65.5 Å². The summed E-state index contributed by atoms with van der Waals surface area (Å²) in [4.78, 5) is 31.3. The number of carboxylic acids is 1. The predicted molar refractivity (Wildman–Crippen MR) is 130 cm³/mol. The summed E-state index contributed by atoms with van der Waals surface area (Å²) in [6.45, 7) is 1.13. The number of aliphatic carboxylic acids is 1. The van der Waals surface area contributed by atoms with Crippen LogP contribution in [0, 0.1) is 5.92 Å². The van der Waals surface area contributed by atoms with Crippen LogP contribution in [-0.2, 0) is 4.79 Å². The van der Waals surface area contributed by atoms with Gasteiger partial charge < -0.3 is 24.5 Å². The molecule has 10 nitrogen and oxygen atoms in total. The zero-order valence-electron chi connectivity index (χ0n) is 19.1. The molecular weight excluding hydrogens is 448 g/mol. The normalized spacial score (nSPS) is 14.0. The van der Waals surface area contributed by atoms with E-state index in [1.807, 2.05) is 53.4 Å². The van der Waals surface area contributed by atoms with E-state index in [9.17, 15) is 9.90 Å². The molecule has 10 heteroatoms. The van der Waals surface area contributed by atoms with Crippen molar-refractivity contribution in [3.05, 3.63) is 61.1 Å². The number of nitrogens with zero attached hydrogens (tertiary/aromatic N) is 5. The first-order valence-electron chi connectivity index (χ1n) is 11.2. The number of oxazole rings is 1. The minimum Gasteiger partial charge on any atom is -0.496 e. The summed E-state index contributed by atoms with van der Waals surface area (Å²) in [6.07, 6.45) is 4.09. The molecule has 3 heterocycles. The summed E-state index contributed by atoms with van der Waals surface area (Å²) in [7, 11) is 1.59. The molecule has 1 aliphatic heterocycles. The Morgan fingerprint density at radius 1 is 1.11 bits per heavy atom. The number of hydrogen-bond donors (Lipinski definition) is 2. The minimum absolute atomic E-state index is 0.338. The average Bonchev–Trinajstić information content (AvgIpc) is 3.44. The van der Waals surface area contributed by atoms with Crippen LogP contribution < -0.4 is 15.0 Å². The lowest BCUT2D eigenvalue weighted by Crippen LogP contribution is -2.37. The van der Waals surface area contributed by atoms with Gasteiger partial charge in [0.15, 0.2) is 18.0 Å². The molecule has 1 fully saturated rings. The van der Waals surface area contributed by atoms with Gasteiger partial charge in [0.25, 0.3) is 0 Å². The van der Waals surface area contributed by atoms with Crippen molar-refractivity contribution in [2.75, 3.05) is 30.4 Å². The largest absolute Gasteiger partial charge is 0.496 e. The predicted octanol–water partition coefficient (Wildman–Crippen LogP) is 4.25. The van der Waals surface area contributed by atoms with Crippen molar-refractivity contribution < 1.29 is 19.1 Å². The van der Waals surface area contributed by atoms with Gasteiger partial charge in [0.05, 0.1) is 24.8 Å². The zero-order chi connectivity index (χ0) is 24.2. The molecule has 2 aromatic carbocycles. The number of nitrogens with one attached hydrogen (secondary N) is 1. The van der Waals surface area contributed by atoms with Crippen LogP contribution >= 0.6 is 0 Å². The summed E-state index contributed by atoms with van der Waals surface area (Å²) in [5.41, 5.74) is 2.36. The molecule has 178 valence electrons. The van der Waals surface area contributed by atoms with Crippen molar-refractivity contribution in [2.24, 2.45) is 5.92 Å². The molecule has 1 saturated heterocycles. The van der Waals surface area contributed by atoms with Gasteiger partial charge in [0.2, 0.25) is 11.9 Å². The molecule has 0 unspecified atom stereocenters. The molecule has 0 spiro atoms. The number of rotatable bonds is 7. The van der Waals surface area contributed by atoms with Crippen LogP contribution in [0.5, 0.6) is 5.75 Å². The van der Waals surface area contributed by atoms with Crippen molar-refractivity contribution in [1.82, 2.24) is 19.9 Å². The lowest BCUT2D eigenvalue weighted by atomic mass is 9.97. The number of benzene rings is 2. The summed E-state index contributed by atoms with van der Waals surface area (Å²) in [6, 6.07) is 15.3. The molecule has 2 aromatic heterocycles. The van der Waals surface area contributed by atoms with Gasteiger partial charge in [-0.1, -0.05) is 30.3 Å². The number of methoxy groups -OCH3 is 1. The topological polar surface area (TPSA) is 126 Å². The van der Waals surface area contributed by atoms with Crippen LogP contribution in [0.4, 0.5) is 17.6 Å². The summed E-state index contributed by atoms with van der Waals surface area (Å²) >= 11 is 0. The highest BCUT2D eigenvalue weighted by atomic mass is 16.5. The van der Waals surface area contributed by atoms with E-state index in [0.29, 0.717) is 55.2 Å². The van der Waals surface area contributed by atoms with Crippen LogP contribution in [0.1, 0.15) is 12.8 Å². The van der Waals surface area contributed by atoms with Crippen molar-refractivity contribution in [3.8, 4) is 28.5 Å². The highest BCUT2D eigenvalue weighted by Gasteiger charge is 2.26. The van der Waals surface area contributed by atoms with E-state index in [1.165, 1.54) is 6.39 Å². The molecule has 2 N–H and O–H groups in total. The van der Waals surface area contributed by atoms with Crippen LogP contribution in [0.2, 0.25) is 0 Å². The molecule has 0 atom stereocenters. The Morgan fingerprint density at radius 2 is 1.91 bits per heavy atom. The highest BCUT2D eigenvalue weighted by molar-refractivity contribution is 5.72. The van der Waals surface area contributed by atoms with Gasteiger partial charge >= 0.3 is 5.97 Å². The van der Waals surface area contributed by atoms with E-state index in [2.05, 4.69) is 20.3 Å². The molecule has 35 heavy (non-hydrogen) atoms. The van der Waals surface area contributed by atoms with Crippen LogP contribution in [0.25, 0.3) is 22.7 Å². The molecule has 0 saturated carbocycles.